The van der Waals surface area contributed by atoms with E-state index in [0.717, 1.165) is 16.5 Å². The van der Waals surface area contributed by atoms with Crippen LogP contribution >= 0.6 is 0 Å². The summed E-state index contributed by atoms with van der Waals surface area (Å²) in [7, 11) is 0. The van der Waals surface area contributed by atoms with E-state index >= 15 is 0 Å². The minimum Gasteiger partial charge on any atom is -0.484 e. The highest BCUT2D eigenvalue weighted by Gasteiger charge is 2.03. The van der Waals surface area contributed by atoms with Crippen molar-refractivity contribution in [3.05, 3.63) is 76.1 Å². The Labute approximate surface area is 144 Å². The number of pyridine rings is 1. The standard InChI is InChI=1S/C19H17N3O3/c1-13-5-4-7-16(9-13)25-12-18(23)22-20-11-15-10-14-6-2-3-8-17(14)21-19(15)24/h2-11H,12H2,1H3,(H,21,24)(H,22,23)/b20-11-. The number of fused-ring (bicyclic) bond motifs is 1. The van der Waals surface area contributed by atoms with Crippen LogP contribution in [0, 0.1) is 6.92 Å². The number of aromatic nitrogens is 1. The summed E-state index contributed by atoms with van der Waals surface area (Å²) in [5.41, 5.74) is 4.23. The maximum Gasteiger partial charge on any atom is 0.277 e. The minimum atomic E-state index is -0.407. The number of nitrogens with zero attached hydrogens (tertiary/aromatic N) is 1. The average Bonchev–Trinajstić information content (AvgIpc) is 2.60. The fraction of sp³-hybridized carbons (Fsp3) is 0.105. The largest absolute Gasteiger partial charge is 0.484 e. The lowest BCUT2D eigenvalue weighted by molar-refractivity contribution is -0.123. The average molecular weight is 335 g/mol. The SMILES string of the molecule is Cc1cccc(OCC(=O)N/N=C\c2cc3ccccc3[nH]c2=O)c1. The van der Waals surface area contributed by atoms with Crippen molar-refractivity contribution in [3.8, 4) is 5.75 Å². The van der Waals surface area contributed by atoms with E-state index in [9.17, 15) is 9.59 Å². The van der Waals surface area contributed by atoms with Gasteiger partial charge in [-0.2, -0.15) is 5.10 Å². The molecule has 0 aliphatic carbocycles. The Balaban J connectivity index is 1.60. The van der Waals surface area contributed by atoms with E-state index in [1.807, 2.05) is 49.4 Å². The molecule has 6 nitrogen and oxygen atoms in total. The molecule has 3 aromatic rings. The summed E-state index contributed by atoms with van der Waals surface area (Å²) in [5.74, 6) is 0.208. The smallest absolute Gasteiger partial charge is 0.277 e. The summed E-state index contributed by atoms with van der Waals surface area (Å²) in [6.45, 7) is 1.78. The third kappa shape index (κ3) is 4.32. The number of H-pyrrole nitrogens is 1. The Morgan fingerprint density at radius 2 is 2.04 bits per heavy atom. The zero-order valence-electron chi connectivity index (χ0n) is 13.7. The molecule has 0 unspecified atom stereocenters. The number of nitrogens with one attached hydrogen (secondary N) is 2. The number of benzene rings is 2. The molecule has 3 rings (SSSR count). The molecule has 126 valence electrons. The van der Waals surface area contributed by atoms with Crippen molar-refractivity contribution in [3.63, 3.8) is 0 Å². The van der Waals surface area contributed by atoms with Crippen molar-refractivity contribution in [2.75, 3.05) is 6.61 Å². The fourth-order valence-electron chi connectivity index (χ4n) is 2.32. The lowest BCUT2D eigenvalue weighted by Crippen LogP contribution is -2.25. The van der Waals surface area contributed by atoms with Gasteiger partial charge in [0, 0.05) is 5.52 Å². The molecule has 0 saturated carbocycles. The van der Waals surface area contributed by atoms with Crippen LogP contribution in [-0.4, -0.2) is 23.7 Å². The zero-order valence-corrected chi connectivity index (χ0v) is 13.7. The summed E-state index contributed by atoms with van der Waals surface area (Å²) >= 11 is 0. The number of hydrogen-bond acceptors (Lipinski definition) is 4. The molecule has 2 N–H and O–H groups in total. The molecule has 0 atom stereocenters. The van der Waals surface area contributed by atoms with Crippen LogP contribution in [0.2, 0.25) is 0 Å². The second-order valence-corrected chi connectivity index (χ2v) is 5.54. The van der Waals surface area contributed by atoms with E-state index in [4.69, 9.17) is 4.74 Å². The number of aromatic amines is 1. The van der Waals surface area contributed by atoms with E-state index < -0.39 is 5.91 Å². The predicted molar refractivity (Wildman–Crippen MR) is 97.0 cm³/mol. The van der Waals surface area contributed by atoms with Crippen LogP contribution in [0.4, 0.5) is 0 Å². The molecule has 0 saturated heterocycles. The van der Waals surface area contributed by atoms with Gasteiger partial charge in [-0.05, 0) is 42.1 Å². The fourth-order valence-corrected chi connectivity index (χ4v) is 2.32. The molecule has 1 aromatic heterocycles. The Morgan fingerprint density at radius 3 is 2.88 bits per heavy atom. The van der Waals surface area contributed by atoms with Crippen LogP contribution in [0.1, 0.15) is 11.1 Å². The van der Waals surface area contributed by atoms with E-state index in [0.29, 0.717) is 11.3 Å². The van der Waals surface area contributed by atoms with Crippen LogP contribution in [0.3, 0.4) is 0 Å². The number of carbonyl (C=O) groups excluding carboxylic acids is 1. The van der Waals surface area contributed by atoms with Crippen molar-refractivity contribution in [2.45, 2.75) is 6.92 Å². The molecule has 1 heterocycles. The molecule has 1 amide bonds. The maximum atomic E-state index is 12.0. The molecule has 0 fully saturated rings. The summed E-state index contributed by atoms with van der Waals surface area (Å²) in [4.78, 5) is 26.5. The van der Waals surface area contributed by atoms with Crippen LogP contribution in [-0.2, 0) is 4.79 Å². The van der Waals surface area contributed by atoms with E-state index in [-0.39, 0.29) is 12.2 Å². The van der Waals surface area contributed by atoms with Gasteiger partial charge < -0.3 is 9.72 Å². The molecule has 0 aliphatic heterocycles. The first-order valence-corrected chi connectivity index (χ1v) is 7.75. The molecule has 0 bridgehead atoms. The van der Waals surface area contributed by atoms with Crippen LogP contribution < -0.4 is 15.7 Å². The van der Waals surface area contributed by atoms with Gasteiger partial charge in [-0.15, -0.1) is 0 Å². The zero-order chi connectivity index (χ0) is 17.6. The summed E-state index contributed by atoms with van der Waals surface area (Å²) in [6.07, 6.45) is 1.32. The van der Waals surface area contributed by atoms with Gasteiger partial charge in [-0.3, -0.25) is 9.59 Å². The number of amides is 1. The molecule has 25 heavy (non-hydrogen) atoms. The molecule has 6 heteroatoms. The van der Waals surface area contributed by atoms with Gasteiger partial charge in [0.25, 0.3) is 11.5 Å². The highest BCUT2D eigenvalue weighted by atomic mass is 16.5. The van der Waals surface area contributed by atoms with Crippen LogP contribution in [0.5, 0.6) is 5.75 Å². The van der Waals surface area contributed by atoms with Crippen LogP contribution in [0.25, 0.3) is 10.9 Å². The molecule has 0 spiro atoms. The number of para-hydroxylation sites is 1. The summed E-state index contributed by atoms with van der Waals surface area (Å²) < 4.78 is 5.38. The molecule has 0 aliphatic rings. The van der Waals surface area contributed by atoms with Crippen molar-refractivity contribution < 1.29 is 9.53 Å². The van der Waals surface area contributed by atoms with E-state index in [1.54, 1.807) is 12.1 Å². The first kappa shape index (κ1) is 16.4. The highest BCUT2D eigenvalue weighted by molar-refractivity contribution is 5.88. The van der Waals surface area contributed by atoms with Gasteiger partial charge in [0.1, 0.15) is 5.75 Å². The Hall–Kier alpha value is -3.41. The number of aryl methyl sites for hydroxylation is 1. The van der Waals surface area contributed by atoms with Gasteiger partial charge in [0.15, 0.2) is 6.61 Å². The van der Waals surface area contributed by atoms with Gasteiger partial charge in [0.2, 0.25) is 0 Å². The van der Waals surface area contributed by atoms with E-state index in [2.05, 4.69) is 15.5 Å². The second-order valence-electron chi connectivity index (χ2n) is 5.54. The Kier molecular flexibility index (Phi) is 4.89. The lowest BCUT2D eigenvalue weighted by Gasteiger charge is -2.05. The second kappa shape index (κ2) is 7.44. The third-order valence-corrected chi connectivity index (χ3v) is 3.53. The molecule has 0 radical (unpaired) electrons. The highest BCUT2D eigenvalue weighted by Crippen LogP contribution is 2.12. The molecule has 2 aromatic carbocycles. The normalized spacial score (nSPS) is 10.9. The number of ether oxygens (including phenoxy) is 1. The Bertz CT molecular complexity index is 992. The van der Waals surface area contributed by atoms with Gasteiger partial charge in [-0.1, -0.05) is 30.3 Å². The number of hydrogen-bond donors (Lipinski definition) is 2. The minimum absolute atomic E-state index is 0.158. The monoisotopic (exact) mass is 335 g/mol. The third-order valence-electron chi connectivity index (χ3n) is 3.53. The van der Waals surface area contributed by atoms with Crippen molar-refractivity contribution in [1.82, 2.24) is 10.4 Å². The summed E-state index contributed by atoms with van der Waals surface area (Å²) in [5, 5.41) is 4.70. The van der Waals surface area contributed by atoms with Gasteiger partial charge in [-0.25, -0.2) is 5.43 Å². The van der Waals surface area contributed by atoms with Crippen molar-refractivity contribution in [1.29, 1.82) is 0 Å². The Morgan fingerprint density at radius 1 is 1.20 bits per heavy atom. The lowest BCUT2D eigenvalue weighted by atomic mass is 10.2. The number of hydrazone groups is 1. The quantitative estimate of drug-likeness (QED) is 0.554. The first-order chi connectivity index (χ1) is 12.1. The molecular formula is C19H17N3O3. The van der Waals surface area contributed by atoms with Crippen molar-refractivity contribution >= 4 is 23.0 Å². The summed E-state index contributed by atoms with van der Waals surface area (Å²) in [6, 6.07) is 16.6. The number of carbonyl (C=O) groups is 1. The maximum absolute atomic E-state index is 12.0. The van der Waals surface area contributed by atoms with E-state index in [1.165, 1.54) is 6.21 Å². The topological polar surface area (TPSA) is 83.5 Å². The van der Waals surface area contributed by atoms with Gasteiger partial charge in [0.05, 0.1) is 11.8 Å². The first-order valence-electron chi connectivity index (χ1n) is 7.75. The predicted octanol–water partition coefficient (Wildman–Crippen LogP) is 2.37. The van der Waals surface area contributed by atoms with Crippen LogP contribution in [0.15, 0.2) is 64.5 Å². The number of rotatable bonds is 5. The van der Waals surface area contributed by atoms with Gasteiger partial charge >= 0.3 is 0 Å². The van der Waals surface area contributed by atoms with Crippen molar-refractivity contribution in [2.24, 2.45) is 5.10 Å². The molecular weight excluding hydrogens is 318 g/mol.